The van der Waals surface area contributed by atoms with Crippen LogP contribution in [0.25, 0.3) is 0 Å². The molecule has 0 saturated heterocycles. The van der Waals surface area contributed by atoms with Crippen LogP contribution in [0.5, 0.6) is 34.5 Å². The third kappa shape index (κ3) is 20.2. The van der Waals surface area contributed by atoms with Crippen molar-refractivity contribution in [1.29, 1.82) is 0 Å². The van der Waals surface area contributed by atoms with Gasteiger partial charge < -0.3 is 29.5 Å². The molecule has 4 unspecified atom stereocenters. The predicted molar refractivity (Wildman–Crippen MR) is 402 cm³/mol. The first-order valence-corrected chi connectivity index (χ1v) is 35.5. The van der Waals surface area contributed by atoms with E-state index in [1.54, 1.807) is 18.2 Å². The first-order valence-electron chi connectivity index (χ1n) is 35.5. The topological polar surface area (TPSA) is 140 Å². The van der Waals surface area contributed by atoms with Crippen molar-refractivity contribution in [3.63, 3.8) is 0 Å². The van der Waals surface area contributed by atoms with Gasteiger partial charge in [-0.1, -0.05) is 248 Å². The van der Waals surface area contributed by atoms with Gasteiger partial charge in [0.15, 0.2) is 0 Å². The van der Waals surface area contributed by atoms with E-state index in [1.807, 2.05) is 42.5 Å². The van der Waals surface area contributed by atoms with Crippen molar-refractivity contribution in [2.75, 3.05) is 0 Å². The van der Waals surface area contributed by atoms with Crippen LogP contribution in [-0.2, 0) is 46.9 Å². The van der Waals surface area contributed by atoms with Gasteiger partial charge in [-0.3, -0.25) is 14.4 Å². The lowest BCUT2D eigenvalue weighted by molar-refractivity contribution is -0.137. The van der Waals surface area contributed by atoms with Crippen LogP contribution in [0.4, 0.5) is 0 Å². The normalized spacial score (nSPS) is 14.8. The lowest BCUT2D eigenvalue weighted by Crippen LogP contribution is -2.26. The Morgan fingerprint density at radius 2 is 0.557 bits per heavy atom. The van der Waals surface area contributed by atoms with Gasteiger partial charge in [0, 0.05) is 22.6 Å². The molecule has 97 heavy (non-hydrogen) atoms. The number of ether oxygens (including phenoxy) is 3. The molecule has 0 fully saturated rings. The van der Waals surface area contributed by atoms with Gasteiger partial charge in [-0.05, 0) is 204 Å². The second-order valence-corrected chi connectivity index (χ2v) is 38.3. The molecular formula is C88H124O9. The van der Waals surface area contributed by atoms with Gasteiger partial charge in [-0.15, -0.1) is 0 Å². The summed E-state index contributed by atoms with van der Waals surface area (Å²) in [5.74, 6) is -1.12. The summed E-state index contributed by atoms with van der Waals surface area (Å²) in [7, 11) is 0. The minimum Gasteiger partial charge on any atom is -0.508 e. The molecule has 3 N–H and O–H groups in total. The molecule has 9 nitrogen and oxygen atoms in total. The highest BCUT2D eigenvalue weighted by atomic mass is 16.5. The van der Waals surface area contributed by atoms with Crippen LogP contribution in [0, 0.1) is 37.0 Å². The molecule has 0 radical (unpaired) electrons. The highest BCUT2D eigenvalue weighted by Gasteiger charge is 2.38. The van der Waals surface area contributed by atoms with Crippen molar-refractivity contribution in [3.8, 4) is 34.5 Å². The molecule has 0 aliphatic rings. The molecule has 9 heteroatoms. The van der Waals surface area contributed by atoms with Crippen LogP contribution in [0.15, 0.2) is 91.0 Å². The molecule has 0 saturated carbocycles. The summed E-state index contributed by atoms with van der Waals surface area (Å²) >= 11 is 0. The molecular weight excluding hydrogens is 1200 g/mol. The standard InChI is InChI=1S/C88H124O9/c1-51(58-45-68(86(23,24)25)74(39-52(58)2)95-77(92)62(48-80(5,6)7)55-32-35-71(89)65(42-55)83(14,15)16)38-61(59-46-69(87(26,27)28)75(40-53(59)3)96-78(93)63(49-81(8,9)10)56-33-36-72(90)66(43-56)84(17,18)19)60-47-70(88(29,30)31)76(41-54(60)4)97-79(94)64(50-82(11,12)13)57-34-37-73(91)67(44-57)85(20,21)22/h32-37,39-47,51,61-64,89-91H,38,48-50H2,1-31H3. The zero-order valence-corrected chi connectivity index (χ0v) is 65.7. The van der Waals surface area contributed by atoms with Gasteiger partial charge in [0.2, 0.25) is 0 Å². The van der Waals surface area contributed by atoms with E-state index in [9.17, 15) is 20.1 Å². The van der Waals surface area contributed by atoms with Crippen molar-refractivity contribution >= 4 is 17.9 Å². The number of rotatable bonds is 17. The van der Waals surface area contributed by atoms with Gasteiger partial charge in [0.1, 0.15) is 34.5 Å². The van der Waals surface area contributed by atoms with Crippen molar-refractivity contribution < 1.29 is 43.9 Å². The zero-order chi connectivity index (χ0) is 73.8. The van der Waals surface area contributed by atoms with Crippen LogP contribution in [0.2, 0.25) is 0 Å². The van der Waals surface area contributed by atoms with E-state index in [0.29, 0.717) is 42.9 Å². The number of carbonyl (C=O) groups is 3. The first kappa shape index (κ1) is 79.1. The summed E-state index contributed by atoms with van der Waals surface area (Å²) in [5.41, 5.74) is 10.3. The SMILES string of the molecule is Cc1cc(OC(=O)C(CC(C)(C)C)c2ccc(O)c(C(C)(C)C)c2)c(C(C)(C)C)cc1C(C)CC(c1cc(C(C)(C)C)c(OC(=O)C(CC(C)(C)C)c2ccc(O)c(C(C)(C)C)c2)cc1C)c1cc(C(C)(C)C)c(OC(=O)C(CC(C)(C)C)c2ccc(O)c(C(C)(C)C)c2)cc1C. The van der Waals surface area contributed by atoms with Gasteiger partial charge >= 0.3 is 17.9 Å². The number of aryl methyl sites for hydroxylation is 3. The Morgan fingerprint density at radius 1 is 0.330 bits per heavy atom. The average Bonchev–Trinajstić information content (AvgIpc) is 0.767. The van der Waals surface area contributed by atoms with E-state index in [-0.39, 0.29) is 79.5 Å². The molecule has 0 spiro atoms. The van der Waals surface area contributed by atoms with E-state index in [1.165, 1.54) is 0 Å². The Balaban J connectivity index is 1.58. The van der Waals surface area contributed by atoms with E-state index < -0.39 is 34.0 Å². The summed E-state index contributed by atoms with van der Waals surface area (Å²) in [6.45, 7) is 65.8. The molecule has 530 valence electrons. The van der Waals surface area contributed by atoms with Crippen molar-refractivity contribution in [2.24, 2.45) is 16.2 Å². The molecule has 0 aromatic heterocycles. The molecule has 0 aliphatic heterocycles. The molecule has 0 aliphatic carbocycles. The molecule has 6 aromatic carbocycles. The Bertz CT molecular complexity index is 3680. The number of hydrogen-bond acceptors (Lipinski definition) is 9. The summed E-state index contributed by atoms with van der Waals surface area (Å²) < 4.78 is 20.3. The lowest BCUT2D eigenvalue weighted by atomic mass is 9.73. The monoisotopic (exact) mass is 1320 g/mol. The van der Waals surface area contributed by atoms with Crippen LogP contribution >= 0.6 is 0 Å². The third-order valence-corrected chi connectivity index (χ3v) is 19.0. The van der Waals surface area contributed by atoms with Gasteiger partial charge in [-0.25, -0.2) is 0 Å². The number of carbonyl (C=O) groups excluding carboxylic acids is 3. The van der Waals surface area contributed by atoms with Crippen molar-refractivity contribution in [3.05, 3.63) is 174 Å². The van der Waals surface area contributed by atoms with Crippen LogP contribution < -0.4 is 14.2 Å². The number of phenolic OH excluding ortho intramolecular Hbond substituents is 3. The van der Waals surface area contributed by atoms with Crippen LogP contribution in [0.1, 0.15) is 333 Å². The largest absolute Gasteiger partial charge is 0.508 e. The maximum absolute atomic E-state index is 15.2. The number of phenols is 3. The lowest BCUT2D eigenvalue weighted by Gasteiger charge is -2.33. The Kier molecular flexibility index (Phi) is 23.2. The summed E-state index contributed by atoms with van der Waals surface area (Å²) in [6, 6.07) is 29.5. The minimum atomic E-state index is -0.623. The van der Waals surface area contributed by atoms with Crippen molar-refractivity contribution in [1.82, 2.24) is 0 Å². The number of benzene rings is 6. The maximum Gasteiger partial charge on any atom is 0.318 e. The molecule has 4 atom stereocenters. The Labute approximate surface area is 586 Å². The quantitative estimate of drug-likeness (QED) is 0.0601. The molecule has 0 amide bonds. The van der Waals surface area contributed by atoms with Crippen molar-refractivity contribution in [2.45, 2.75) is 302 Å². The summed E-state index contributed by atoms with van der Waals surface area (Å²) in [4.78, 5) is 45.3. The van der Waals surface area contributed by atoms with E-state index in [0.717, 1.165) is 83.5 Å². The molecule has 0 heterocycles. The Morgan fingerprint density at radius 3 is 0.784 bits per heavy atom. The first-order chi connectivity index (χ1) is 43.9. The van der Waals surface area contributed by atoms with Gasteiger partial charge in [-0.2, -0.15) is 0 Å². The minimum absolute atomic E-state index is 0.0785. The van der Waals surface area contributed by atoms with E-state index in [4.69, 9.17) is 14.2 Å². The van der Waals surface area contributed by atoms with Crippen LogP contribution in [-0.4, -0.2) is 33.2 Å². The second kappa shape index (κ2) is 28.4. The highest BCUT2D eigenvalue weighted by molar-refractivity contribution is 5.83. The zero-order valence-electron chi connectivity index (χ0n) is 65.7. The number of hydrogen-bond donors (Lipinski definition) is 3. The second-order valence-electron chi connectivity index (χ2n) is 38.3. The number of aromatic hydroxyl groups is 3. The third-order valence-electron chi connectivity index (χ3n) is 19.0. The maximum atomic E-state index is 15.2. The Hall–Kier alpha value is -6.87. The fourth-order valence-electron chi connectivity index (χ4n) is 13.8. The van der Waals surface area contributed by atoms with E-state index in [2.05, 4.69) is 245 Å². The highest BCUT2D eigenvalue weighted by Crippen LogP contribution is 2.49. The predicted octanol–water partition coefficient (Wildman–Crippen LogP) is 23.2. The molecule has 6 aromatic rings. The molecule has 0 bridgehead atoms. The fourth-order valence-corrected chi connectivity index (χ4v) is 13.8. The summed E-state index contributed by atoms with van der Waals surface area (Å²) in [5, 5.41) is 33.2. The molecule has 6 rings (SSSR count). The number of esters is 3. The smallest absolute Gasteiger partial charge is 0.318 e. The summed E-state index contributed by atoms with van der Waals surface area (Å²) in [6.07, 6.45) is 2.21. The van der Waals surface area contributed by atoms with Gasteiger partial charge in [0.25, 0.3) is 0 Å². The van der Waals surface area contributed by atoms with Crippen LogP contribution in [0.3, 0.4) is 0 Å². The van der Waals surface area contributed by atoms with E-state index >= 15 is 9.59 Å². The fraction of sp³-hybridized carbons (Fsp3) is 0.557. The average molecular weight is 1330 g/mol. The van der Waals surface area contributed by atoms with Gasteiger partial charge in [0.05, 0.1) is 17.8 Å².